The van der Waals surface area contributed by atoms with Crippen LogP contribution in [0.3, 0.4) is 0 Å². The van der Waals surface area contributed by atoms with Crippen molar-refractivity contribution in [1.82, 2.24) is 15.3 Å². The fourth-order valence-electron chi connectivity index (χ4n) is 4.46. The van der Waals surface area contributed by atoms with Crippen LogP contribution in [0, 0.1) is 24.2 Å². The molecular weight excluding hydrogens is 368 g/mol. The maximum absolute atomic E-state index is 9.24. The van der Waals surface area contributed by atoms with Gasteiger partial charge in [0.1, 0.15) is 0 Å². The number of aromatic nitrogens is 2. The van der Waals surface area contributed by atoms with E-state index in [9.17, 15) is 5.26 Å². The molecule has 2 aromatic heterocycles. The summed E-state index contributed by atoms with van der Waals surface area (Å²) in [6.45, 7) is 4.24. The summed E-state index contributed by atoms with van der Waals surface area (Å²) >= 11 is 0. The molecule has 1 fully saturated rings. The molecule has 5 rings (SSSR count). The number of H-pyrrole nitrogens is 1. The average molecular weight is 393 g/mol. The maximum atomic E-state index is 9.24. The predicted octanol–water partition coefficient (Wildman–Crippen LogP) is 5.23. The Bertz CT molecular complexity index is 1220. The summed E-state index contributed by atoms with van der Waals surface area (Å²) in [4.78, 5) is 8.52. The number of hydrogen-bond donors (Lipinski definition) is 2. The van der Waals surface area contributed by atoms with Crippen molar-refractivity contribution in [2.75, 3.05) is 13.1 Å². The van der Waals surface area contributed by atoms with Crippen LogP contribution in [0.4, 0.5) is 0 Å². The quantitative estimate of drug-likeness (QED) is 0.500. The molecule has 1 saturated heterocycles. The average Bonchev–Trinajstić information content (AvgIpc) is 3.46. The van der Waals surface area contributed by atoms with E-state index in [-0.39, 0.29) is 0 Å². The molecule has 4 aromatic rings. The molecule has 0 bridgehead atoms. The van der Waals surface area contributed by atoms with Crippen LogP contribution >= 0.6 is 0 Å². The van der Waals surface area contributed by atoms with E-state index < -0.39 is 0 Å². The molecule has 0 saturated carbocycles. The second-order valence-corrected chi connectivity index (χ2v) is 8.17. The number of aromatic amines is 1. The van der Waals surface area contributed by atoms with Crippen LogP contribution in [0.5, 0.6) is 0 Å². The van der Waals surface area contributed by atoms with E-state index in [0.29, 0.717) is 11.5 Å². The zero-order chi connectivity index (χ0) is 20.5. The van der Waals surface area contributed by atoms with Crippen molar-refractivity contribution >= 4 is 11.0 Å². The third kappa shape index (κ3) is 3.38. The summed E-state index contributed by atoms with van der Waals surface area (Å²) in [6, 6.07) is 20.8. The van der Waals surface area contributed by atoms with Gasteiger partial charge >= 0.3 is 0 Å². The molecule has 30 heavy (non-hydrogen) atoms. The monoisotopic (exact) mass is 392 g/mol. The minimum Gasteiger partial charge on any atom is -0.360 e. The van der Waals surface area contributed by atoms with Gasteiger partial charge < -0.3 is 10.3 Å². The summed E-state index contributed by atoms with van der Waals surface area (Å²) in [5.41, 5.74) is 9.76. The highest BCUT2D eigenvalue weighted by Crippen LogP contribution is 2.39. The van der Waals surface area contributed by atoms with Crippen molar-refractivity contribution in [3.8, 4) is 28.5 Å². The Labute approximate surface area is 176 Å². The molecule has 4 nitrogen and oxygen atoms in total. The van der Waals surface area contributed by atoms with Crippen molar-refractivity contribution in [2.45, 2.75) is 19.8 Å². The lowest BCUT2D eigenvalue weighted by Crippen LogP contribution is -2.12. The first-order chi connectivity index (χ1) is 14.7. The summed E-state index contributed by atoms with van der Waals surface area (Å²) in [7, 11) is 0. The van der Waals surface area contributed by atoms with Gasteiger partial charge in [0.25, 0.3) is 0 Å². The number of fused-ring (bicyclic) bond motifs is 1. The van der Waals surface area contributed by atoms with Gasteiger partial charge in [0.05, 0.1) is 28.4 Å². The highest BCUT2D eigenvalue weighted by atomic mass is 14.9. The normalized spacial score (nSPS) is 16.1. The van der Waals surface area contributed by atoms with Gasteiger partial charge in [-0.15, -0.1) is 0 Å². The van der Waals surface area contributed by atoms with Crippen LogP contribution in [0.1, 0.15) is 23.1 Å². The first-order valence-corrected chi connectivity index (χ1v) is 10.5. The molecule has 0 unspecified atom stereocenters. The number of aryl methyl sites for hydroxylation is 1. The Morgan fingerprint density at radius 3 is 2.50 bits per heavy atom. The molecule has 2 aromatic carbocycles. The number of pyridine rings is 1. The third-order valence-corrected chi connectivity index (χ3v) is 6.08. The maximum Gasteiger partial charge on any atom is 0.0991 e. The van der Waals surface area contributed by atoms with E-state index in [1.54, 1.807) is 0 Å². The highest BCUT2D eigenvalue weighted by Gasteiger charge is 2.23. The largest absolute Gasteiger partial charge is 0.360 e. The van der Waals surface area contributed by atoms with E-state index in [1.807, 2.05) is 18.3 Å². The van der Waals surface area contributed by atoms with Gasteiger partial charge in [-0.3, -0.25) is 0 Å². The van der Waals surface area contributed by atoms with Crippen molar-refractivity contribution in [1.29, 1.82) is 5.26 Å². The summed E-state index contributed by atoms with van der Waals surface area (Å²) in [6.07, 6.45) is 4.17. The summed E-state index contributed by atoms with van der Waals surface area (Å²) in [5.74, 6) is 0.613. The number of nitrogens with zero attached hydrogens (tertiary/aromatic N) is 2. The van der Waals surface area contributed by atoms with Crippen molar-refractivity contribution in [3.63, 3.8) is 0 Å². The van der Waals surface area contributed by atoms with Crippen LogP contribution < -0.4 is 5.32 Å². The van der Waals surface area contributed by atoms with Gasteiger partial charge in [-0.2, -0.15) is 5.26 Å². The van der Waals surface area contributed by atoms with Crippen molar-refractivity contribution in [2.24, 2.45) is 5.92 Å². The molecule has 148 valence electrons. The van der Waals surface area contributed by atoms with E-state index in [4.69, 9.17) is 4.98 Å². The van der Waals surface area contributed by atoms with Crippen molar-refractivity contribution in [3.05, 3.63) is 77.5 Å². The van der Waals surface area contributed by atoms with Gasteiger partial charge in [-0.25, -0.2) is 4.98 Å². The Morgan fingerprint density at radius 2 is 1.80 bits per heavy atom. The van der Waals surface area contributed by atoms with Crippen LogP contribution in [-0.2, 0) is 6.42 Å². The molecule has 1 aliphatic rings. The van der Waals surface area contributed by atoms with Crippen LogP contribution in [-0.4, -0.2) is 23.1 Å². The van der Waals surface area contributed by atoms with E-state index in [1.165, 1.54) is 23.1 Å². The molecule has 2 N–H and O–H groups in total. The predicted molar refractivity (Wildman–Crippen MR) is 121 cm³/mol. The molecule has 3 heterocycles. The van der Waals surface area contributed by atoms with Gasteiger partial charge in [-0.1, -0.05) is 42.0 Å². The Morgan fingerprint density at radius 1 is 1.03 bits per heavy atom. The van der Waals surface area contributed by atoms with Crippen LogP contribution in [0.25, 0.3) is 33.4 Å². The van der Waals surface area contributed by atoms with Gasteiger partial charge in [-0.05, 0) is 68.1 Å². The lowest BCUT2D eigenvalue weighted by molar-refractivity contribution is 0.582. The molecule has 1 aliphatic heterocycles. The Balaban J connectivity index is 1.78. The summed E-state index contributed by atoms with van der Waals surface area (Å²) < 4.78 is 0. The second kappa shape index (κ2) is 7.78. The van der Waals surface area contributed by atoms with E-state index in [2.05, 4.69) is 65.8 Å². The minimum atomic E-state index is 0.613. The van der Waals surface area contributed by atoms with Gasteiger partial charge in [0.15, 0.2) is 0 Å². The fourth-order valence-corrected chi connectivity index (χ4v) is 4.46. The minimum absolute atomic E-state index is 0.613. The number of hydrogen-bond acceptors (Lipinski definition) is 3. The van der Waals surface area contributed by atoms with Crippen molar-refractivity contribution < 1.29 is 0 Å². The topological polar surface area (TPSA) is 64.5 Å². The molecule has 0 spiro atoms. The Kier molecular flexibility index (Phi) is 4.82. The molecular formula is C26H24N4. The number of nitrogens with one attached hydrogen (secondary N) is 2. The number of rotatable bonds is 4. The molecule has 0 amide bonds. The van der Waals surface area contributed by atoms with Crippen LogP contribution in [0.15, 0.2) is 60.8 Å². The third-order valence-electron chi connectivity index (χ3n) is 6.08. The molecule has 0 aliphatic carbocycles. The zero-order valence-corrected chi connectivity index (χ0v) is 17.1. The Hall–Kier alpha value is -3.42. The van der Waals surface area contributed by atoms with Gasteiger partial charge in [0.2, 0.25) is 0 Å². The molecule has 4 heteroatoms. The first kappa shape index (κ1) is 18.6. The fraction of sp³-hybridized carbons (Fsp3) is 0.231. The summed E-state index contributed by atoms with van der Waals surface area (Å²) in [5, 5.41) is 12.7. The van der Waals surface area contributed by atoms with Gasteiger partial charge in [0, 0.05) is 17.3 Å². The lowest BCUT2D eigenvalue weighted by Gasteiger charge is -2.19. The SMILES string of the molecule is Cc1ccc(-c2nc3cc[nH]c3c(C[C@@H]3CCNC3)c2-c2ccc(C#N)cc2)cc1. The standard InChI is InChI=1S/C26H24N4/c1-17-2-6-21(7-3-17)25-24(20-8-4-18(15-27)5-9-20)22(14-19-10-12-28-16-19)26-23(30-25)11-13-29-26/h2-9,11,13,19,28-29H,10,12,14,16H2,1H3/t19-/m0/s1. The first-order valence-electron chi connectivity index (χ1n) is 10.5. The lowest BCUT2D eigenvalue weighted by atomic mass is 9.88. The highest BCUT2D eigenvalue weighted by molar-refractivity contribution is 5.94. The van der Waals surface area contributed by atoms with E-state index >= 15 is 0 Å². The molecule has 0 radical (unpaired) electrons. The smallest absolute Gasteiger partial charge is 0.0991 e. The van der Waals surface area contributed by atoms with Crippen LogP contribution in [0.2, 0.25) is 0 Å². The zero-order valence-electron chi connectivity index (χ0n) is 17.1. The molecule has 1 atom stereocenters. The number of benzene rings is 2. The number of nitriles is 1. The second-order valence-electron chi connectivity index (χ2n) is 8.17. The van der Waals surface area contributed by atoms with E-state index in [0.717, 1.165) is 47.4 Å².